The predicted molar refractivity (Wildman–Crippen MR) is 150 cm³/mol. The van der Waals surface area contributed by atoms with Crippen LogP contribution in [-0.2, 0) is 18.2 Å². The Morgan fingerprint density at radius 3 is 2.68 bits per heavy atom. The van der Waals surface area contributed by atoms with Gasteiger partial charge in [0.15, 0.2) is 0 Å². The first-order valence-corrected chi connectivity index (χ1v) is 13.3. The summed E-state index contributed by atoms with van der Waals surface area (Å²) in [4.78, 5) is 30.4. The molecule has 0 saturated heterocycles. The molecule has 2 N–H and O–H groups in total. The Balaban J connectivity index is 1.54. The lowest BCUT2D eigenvalue weighted by Gasteiger charge is -2.33. The van der Waals surface area contributed by atoms with Gasteiger partial charge in [-0.25, -0.2) is 18.6 Å². The van der Waals surface area contributed by atoms with Gasteiger partial charge in [0.1, 0.15) is 11.5 Å². The Hall–Kier alpha value is -4.64. The molecule has 2 aromatic heterocycles. The fraction of sp³-hybridized carbons (Fsp3) is 0.267. The Labute approximate surface area is 234 Å². The van der Waals surface area contributed by atoms with E-state index in [9.17, 15) is 18.4 Å². The molecular formula is C30H27F2N5O4. The zero-order valence-corrected chi connectivity index (χ0v) is 22.2. The first-order chi connectivity index (χ1) is 19.8. The van der Waals surface area contributed by atoms with Gasteiger partial charge in [0.2, 0.25) is 0 Å². The molecule has 4 heterocycles. The van der Waals surface area contributed by atoms with Crippen LogP contribution in [0.2, 0.25) is 0 Å². The first kappa shape index (κ1) is 26.6. The molecule has 4 aromatic rings. The average molecular weight is 560 g/mol. The molecule has 0 bridgehead atoms. The molecule has 2 amide bonds. The molecule has 0 fully saturated rings. The van der Waals surface area contributed by atoms with E-state index in [-0.39, 0.29) is 11.3 Å². The highest BCUT2D eigenvalue weighted by atomic mass is 19.3. The zero-order valence-electron chi connectivity index (χ0n) is 22.2. The normalized spacial score (nSPS) is 15.1. The highest BCUT2D eigenvalue weighted by molar-refractivity contribution is 6.06. The number of ether oxygens (including phenoxy) is 1. The van der Waals surface area contributed by atoms with Crippen molar-refractivity contribution in [2.45, 2.75) is 25.7 Å². The van der Waals surface area contributed by atoms with Crippen LogP contribution in [0.5, 0.6) is 0 Å². The van der Waals surface area contributed by atoms with Crippen LogP contribution in [0.15, 0.2) is 54.9 Å². The van der Waals surface area contributed by atoms with Crippen molar-refractivity contribution >= 4 is 39.9 Å². The maximum Gasteiger partial charge on any atom is 0.411 e. The summed E-state index contributed by atoms with van der Waals surface area (Å²) < 4.78 is 35.9. The molecule has 2 aromatic carbocycles. The van der Waals surface area contributed by atoms with Crippen molar-refractivity contribution in [1.29, 1.82) is 0 Å². The lowest BCUT2D eigenvalue weighted by atomic mass is 9.92. The molecule has 41 heavy (non-hydrogen) atoms. The van der Waals surface area contributed by atoms with Crippen molar-refractivity contribution < 1.29 is 28.2 Å². The molecule has 6 rings (SSSR count). The summed E-state index contributed by atoms with van der Waals surface area (Å²) in [5.74, 6) is -0.461. The number of alkyl halides is 2. The van der Waals surface area contributed by atoms with E-state index in [1.165, 1.54) is 6.07 Å². The van der Waals surface area contributed by atoms with Crippen LogP contribution < -0.4 is 10.2 Å². The Bertz CT molecular complexity index is 1710. The first-order valence-electron chi connectivity index (χ1n) is 13.3. The number of hydrogen-bond donors (Lipinski definition) is 2. The number of carboxylic acid groups (broad SMARTS) is 1. The van der Waals surface area contributed by atoms with Gasteiger partial charge < -0.3 is 14.7 Å². The van der Waals surface area contributed by atoms with E-state index in [0.717, 1.165) is 34.9 Å². The second-order valence-corrected chi connectivity index (χ2v) is 10.1. The second kappa shape index (κ2) is 10.7. The summed E-state index contributed by atoms with van der Waals surface area (Å²) in [5, 5.41) is 16.5. The molecule has 0 saturated carbocycles. The molecule has 0 radical (unpaired) electrons. The van der Waals surface area contributed by atoms with Gasteiger partial charge in [-0.3, -0.25) is 14.8 Å². The van der Waals surface area contributed by atoms with Crippen molar-refractivity contribution in [3.8, 4) is 11.1 Å². The number of nitrogens with one attached hydrogen (secondary N) is 1. The topological polar surface area (TPSA) is 110 Å². The summed E-state index contributed by atoms with van der Waals surface area (Å²) in [6.07, 6.45) is 3.23. The van der Waals surface area contributed by atoms with Crippen molar-refractivity contribution in [3.05, 3.63) is 77.3 Å². The minimum Gasteiger partial charge on any atom is -0.465 e. The van der Waals surface area contributed by atoms with Crippen molar-refractivity contribution in [1.82, 2.24) is 20.1 Å². The lowest BCUT2D eigenvalue weighted by molar-refractivity contribution is 0.0943. The molecule has 0 atom stereocenters. The third kappa shape index (κ3) is 5.16. The van der Waals surface area contributed by atoms with E-state index in [1.54, 1.807) is 36.3 Å². The van der Waals surface area contributed by atoms with E-state index >= 15 is 0 Å². The standard InChI is InChI=1S/C30H27F2N5O4/c1-36-16-21(15-33-36)22-12-20-3-2-8-37(26(20)14-24(22)27(31)32)28-23-11-18(17-6-9-41-10-7-17)4-5-19(23)13-25(34-28)29(38)35-30(39)40/h4-6,11-16,27H,2-3,7-10H2,1H3,(H,35,38)(H,39,40). The fourth-order valence-electron chi connectivity index (χ4n) is 5.56. The minimum absolute atomic E-state index is 0.0823. The van der Waals surface area contributed by atoms with Crippen LogP contribution in [0.4, 0.5) is 25.1 Å². The van der Waals surface area contributed by atoms with Crippen molar-refractivity contribution in [2.24, 2.45) is 7.05 Å². The fourth-order valence-corrected chi connectivity index (χ4v) is 5.56. The predicted octanol–water partition coefficient (Wildman–Crippen LogP) is 5.87. The number of pyridine rings is 1. The number of carbonyl (C=O) groups excluding carboxylic acids is 1. The van der Waals surface area contributed by atoms with Crippen molar-refractivity contribution in [2.75, 3.05) is 24.7 Å². The molecule has 9 nitrogen and oxygen atoms in total. The molecule has 2 aliphatic heterocycles. The third-order valence-corrected chi connectivity index (χ3v) is 7.48. The van der Waals surface area contributed by atoms with Gasteiger partial charge in [0.25, 0.3) is 12.3 Å². The Morgan fingerprint density at radius 2 is 1.98 bits per heavy atom. The smallest absolute Gasteiger partial charge is 0.411 e. The molecule has 2 aliphatic rings. The summed E-state index contributed by atoms with van der Waals surface area (Å²) in [5.41, 5.74) is 4.38. The number of nitrogens with zero attached hydrogens (tertiary/aromatic N) is 4. The number of fused-ring (bicyclic) bond motifs is 2. The van der Waals surface area contributed by atoms with Crippen LogP contribution in [0.3, 0.4) is 0 Å². The van der Waals surface area contributed by atoms with E-state index < -0.39 is 18.4 Å². The molecule has 11 heteroatoms. The lowest BCUT2D eigenvalue weighted by Crippen LogP contribution is -2.31. The highest BCUT2D eigenvalue weighted by Crippen LogP contribution is 2.43. The Kier molecular flexibility index (Phi) is 6.96. The molecule has 0 spiro atoms. The third-order valence-electron chi connectivity index (χ3n) is 7.48. The van der Waals surface area contributed by atoms with E-state index in [2.05, 4.69) is 10.1 Å². The highest BCUT2D eigenvalue weighted by Gasteiger charge is 2.27. The summed E-state index contributed by atoms with van der Waals surface area (Å²) in [6, 6.07) is 10.6. The summed E-state index contributed by atoms with van der Waals surface area (Å²) in [7, 11) is 1.74. The summed E-state index contributed by atoms with van der Waals surface area (Å²) in [6.45, 7) is 1.61. The quantitative estimate of drug-likeness (QED) is 0.315. The number of aryl methyl sites for hydroxylation is 2. The second-order valence-electron chi connectivity index (χ2n) is 10.1. The van der Waals surface area contributed by atoms with E-state index in [1.807, 2.05) is 34.5 Å². The molecule has 210 valence electrons. The van der Waals surface area contributed by atoms with Crippen LogP contribution in [-0.4, -0.2) is 51.6 Å². The molecule has 0 aliphatic carbocycles. The van der Waals surface area contributed by atoms with Crippen LogP contribution in [0.25, 0.3) is 27.5 Å². The molecule has 0 unspecified atom stereocenters. The monoisotopic (exact) mass is 559 g/mol. The zero-order chi connectivity index (χ0) is 28.7. The summed E-state index contributed by atoms with van der Waals surface area (Å²) >= 11 is 0. The van der Waals surface area contributed by atoms with Gasteiger partial charge in [-0.1, -0.05) is 18.2 Å². The number of anilines is 2. The van der Waals surface area contributed by atoms with Crippen LogP contribution >= 0.6 is 0 Å². The van der Waals surface area contributed by atoms with E-state index in [0.29, 0.717) is 54.2 Å². The van der Waals surface area contributed by atoms with Crippen LogP contribution in [0.1, 0.15) is 46.4 Å². The number of benzene rings is 2. The van der Waals surface area contributed by atoms with E-state index in [4.69, 9.17) is 9.84 Å². The maximum atomic E-state index is 14.4. The number of rotatable bonds is 5. The number of amides is 2. The number of aromatic nitrogens is 3. The number of imide groups is 1. The van der Waals surface area contributed by atoms with Crippen LogP contribution in [0, 0.1) is 0 Å². The number of halogens is 2. The number of carbonyl (C=O) groups is 2. The van der Waals surface area contributed by atoms with Gasteiger partial charge in [-0.15, -0.1) is 0 Å². The van der Waals surface area contributed by atoms with Gasteiger partial charge in [0.05, 0.1) is 19.4 Å². The molecular weight excluding hydrogens is 532 g/mol. The minimum atomic E-state index is -2.73. The average Bonchev–Trinajstić information content (AvgIpc) is 3.41. The van der Waals surface area contributed by atoms with Gasteiger partial charge in [-0.05, 0) is 71.2 Å². The Morgan fingerprint density at radius 1 is 1.12 bits per heavy atom. The van der Waals surface area contributed by atoms with Crippen molar-refractivity contribution in [3.63, 3.8) is 0 Å². The maximum absolute atomic E-state index is 14.4. The largest absolute Gasteiger partial charge is 0.465 e. The van der Waals surface area contributed by atoms with Gasteiger partial charge in [0, 0.05) is 42.0 Å². The number of hydrogen-bond acceptors (Lipinski definition) is 6. The van der Waals surface area contributed by atoms with Gasteiger partial charge >= 0.3 is 6.09 Å². The van der Waals surface area contributed by atoms with Gasteiger partial charge in [-0.2, -0.15) is 5.10 Å². The SMILES string of the molecule is Cn1cc(-c2cc3c(cc2C(F)F)N(c2nc(C(=O)NC(=O)O)cc4ccc(C5=CCOCC5)cc24)CCC3)cn1.